The fourth-order valence-corrected chi connectivity index (χ4v) is 4.02. The molecule has 1 fully saturated rings. The van der Waals surface area contributed by atoms with Crippen LogP contribution in [0.1, 0.15) is 21.7 Å². The van der Waals surface area contributed by atoms with Gasteiger partial charge in [-0.2, -0.15) is 13.2 Å². The van der Waals surface area contributed by atoms with Crippen molar-refractivity contribution < 1.29 is 23.0 Å². The van der Waals surface area contributed by atoms with Crippen LogP contribution < -0.4 is 9.64 Å². The van der Waals surface area contributed by atoms with Crippen LogP contribution in [0, 0.1) is 20.8 Å². The molecule has 1 aromatic heterocycles. The number of β-amino-alcohol motifs (C(OH)–C–C–N with tert-alkyl or cyclic N) is 1. The number of ether oxygens (including phenoxy) is 1. The Labute approximate surface area is 171 Å². The first kappa shape index (κ1) is 21.8. The van der Waals surface area contributed by atoms with Gasteiger partial charge >= 0.3 is 6.18 Å². The summed E-state index contributed by atoms with van der Waals surface area (Å²) in [4.78, 5) is 3.87. The molecule has 2 aromatic rings. The van der Waals surface area contributed by atoms with Crippen molar-refractivity contribution in [2.75, 3.05) is 44.2 Å². The van der Waals surface area contributed by atoms with E-state index in [1.54, 1.807) is 4.90 Å². The Morgan fingerprint density at radius 3 is 2.38 bits per heavy atom. The number of alkyl halides is 3. The Morgan fingerprint density at radius 1 is 1.10 bits per heavy atom. The molecule has 10 heteroatoms. The van der Waals surface area contributed by atoms with E-state index in [1.807, 2.05) is 32.9 Å². The Bertz CT molecular complexity index is 835. The van der Waals surface area contributed by atoms with Crippen molar-refractivity contribution in [3.05, 3.63) is 33.8 Å². The summed E-state index contributed by atoms with van der Waals surface area (Å²) >= 11 is 0.562. The molecule has 1 saturated heterocycles. The lowest BCUT2D eigenvalue weighted by Crippen LogP contribution is -2.49. The zero-order chi connectivity index (χ0) is 21.2. The van der Waals surface area contributed by atoms with E-state index >= 15 is 0 Å². The van der Waals surface area contributed by atoms with Gasteiger partial charge in [0.05, 0.1) is 0 Å². The van der Waals surface area contributed by atoms with Gasteiger partial charge in [-0.05, 0) is 37.5 Å². The van der Waals surface area contributed by atoms with Crippen molar-refractivity contribution >= 4 is 16.5 Å². The van der Waals surface area contributed by atoms with Gasteiger partial charge in [-0.3, -0.25) is 4.90 Å². The minimum atomic E-state index is -4.46. The Balaban J connectivity index is 1.47. The van der Waals surface area contributed by atoms with Gasteiger partial charge in [0.15, 0.2) is 0 Å². The quantitative estimate of drug-likeness (QED) is 0.760. The number of piperazine rings is 1. The van der Waals surface area contributed by atoms with E-state index in [0.29, 0.717) is 44.1 Å². The molecular weight excluding hydrogens is 405 g/mol. The highest BCUT2D eigenvalue weighted by molar-refractivity contribution is 7.15. The second kappa shape index (κ2) is 8.85. The molecule has 0 saturated carbocycles. The number of aliphatic hydroxyl groups excluding tert-OH is 1. The largest absolute Gasteiger partial charge is 0.490 e. The molecule has 1 N–H and O–H groups in total. The third-order valence-corrected chi connectivity index (χ3v) is 6.09. The number of anilines is 1. The number of nitrogens with zero attached hydrogens (tertiary/aromatic N) is 4. The average molecular weight is 430 g/mol. The summed E-state index contributed by atoms with van der Waals surface area (Å²) < 4.78 is 43.9. The van der Waals surface area contributed by atoms with Crippen molar-refractivity contribution in [2.45, 2.75) is 33.1 Å². The predicted octanol–water partition coefficient (Wildman–Crippen LogP) is 3.04. The van der Waals surface area contributed by atoms with Crippen molar-refractivity contribution in [1.82, 2.24) is 15.1 Å². The van der Waals surface area contributed by atoms with Gasteiger partial charge in [-0.1, -0.05) is 23.5 Å². The summed E-state index contributed by atoms with van der Waals surface area (Å²) in [6, 6.07) is 4.05. The molecule has 0 radical (unpaired) electrons. The second-order valence-electron chi connectivity index (χ2n) is 7.29. The van der Waals surface area contributed by atoms with Crippen LogP contribution in [0.15, 0.2) is 12.1 Å². The monoisotopic (exact) mass is 430 g/mol. The van der Waals surface area contributed by atoms with E-state index in [2.05, 4.69) is 15.1 Å². The van der Waals surface area contributed by atoms with Crippen molar-refractivity contribution in [2.24, 2.45) is 0 Å². The van der Waals surface area contributed by atoms with E-state index in [0.717, 1.165) is 22.4 Å². The first-order valence-corrected chi connectivity index (χ1v) is 10.2. The van der Waals surface area contributed by atoms with Crippen molar-refractivity contribution in [1.29, 1.82) is 0 Å². The Kier molecular flexibility index (Phi) is 6.65. The van der Waals surface area contributed by atoms with Crippen LogP contribution in [0.5, 0.6) is 5.75 Å². The van der Waals surface area contributed by atoms with E-state index in [-0.39, 0.29) is 11.7 Å². The third kappa shape index (κ3) is 5.37. The smallest absolute Gasteiger partial charge is 0.445 e. The molecule has 1 aliphatic rings. The highest BCUT2D eigenvalue weighted by Gasteiger charge is 2.36. The average Bonchev–Trinajstić information content (AvgIpc) is 3.16. The van der Waals surface area contributed by atoms with E-state index < -0.39 is 17.3 Å². The summed E-state index contributed by atoms with van der Waals surface area (Å²) in [5, 5.41) is 16.6. The van der Waals surface area contributed by atoms with Gasteiger partial charge in [0.2, 0.25) is 10.1 Å². The number of rotatable bonds is 6. The maximum absolute atomic E-state index is 12.7. The van der Waals surface area contributed by atoms with Gasteiger partial charge in [-0.25, -0.2) is 0 Å². The summed E-state index contributed by atoms with van der Waals surface area (Å²) in [6.45, 7) is 8.96. The van der Waals surface area contributed by atoms with Gasteiger partial charge in [0.1, 0.15) is 18.5 Å². The maximum Gasteiger partial charge on any atom is 0.445 e. The standard InChI is InChI=1S/C19H25F3N4O2S/c1-12-4-5-13(2)16(14(12)3)28-11-15(27)10-25-6-8-26(9-7-25)18-24-23-17(29-18)19(20,21)22/h4-5,15,27H,6-11H2,1-3H3. The van der Waals surface area contributed by atoms with Gasteiger partial charge < -0.3 is 14.7 Å². The normalized spacial score (nSPS) is 16.9. The molecule has 1 aliphatic heterocycles. The Hall–Kier alpha value is -1.91. The minimum absolute atomic E-state index is 0.191. The van der Waals surface area contributed by atoms with Crippen LogP contribution in [0.3, 0.4) is 0 Å². The van der Waals surface area contributed by atoms with Gasteiger partial charge in [0.25, 0.3) is 0 Å². The molecule has 1 aromatic carbocycles. The molecule has 1 unspecified atom stereocenters. The number of hydrogen-bond acceptors (Lipinski definition) is 7. The number of benzene rings is 1. The summed E-state index contributed by atoms with van der Waals surface area (Å²) in [6.07, 6.45) is -5.12. The molecule has 160 valence electrons. The molecule has 2 heterocycles. The molecule has 0 bridgehead atoms. The third-order valence-electron chi connectivity index (χ3n) is 5.06. The van der Waals surface area contributed by atoms with E-state index in [1.165, 1.54) is 0 Å². The SMILES string of the molecule is Cc1ccc(C)c(OCC(O)CN2CCN(c3nnc(C(F)(F)F)s3)CC2)c1C. The lowest BCUT2D eigenvalue weighted by Gasteiger charge is -2.35. The van der Waals surface area contributed by atoms with Gasteiger partial charge in [0, 0.05) is 32.7 Å². The van der Waals surface area contributed by atoms with E-state index in [9.17, 15) is 18.3 Å². The highest BCUT2D eigenvalue weighted by Crippen LogP contribution is 2.34. The van der Waals surface area contributed by atoms with Crippen LogP contribution in [-0.2, 0) is 6.18 Å². The number of aryl methyl sites for hydroxylation is 2. The number of hydrogen-bond donors (Lipinski definition) is 1. The molecule has 0 spiro atoms. The molecule has 3 rings (SSSR count). The number of aliphatic hydroxyl groups is 1. The number of aromatic nitrogens is 2. The van der Waals surface area contributed by atoms with Crippen LogP contribution in [0.2, 0.25) is 0 Å². The zero-order valence-corrected chi connectivity index (χ0v) is 17.5. The molecular formula is C19H25F3N4O2S. The van der Waals surface area contributed by atoms with Crippen LogP contribution in [-0.4, -0.2) is 65.6 Å². The molecule has 1 atom stereocenters. The summed E-state index contributed by atoms with van der Waals surface area (Å²) in [5.74, 6) is 0.811. The number of halogens is 3. The zero-order valence-electron chi connectivity index (χ0n) is 16.7. The predicted molar refractivity (Wildman–Crippen MR) is 106 cm³/mol. The molecule has 6 nitrogen and oxygen atoms in total. The first-order chi connectivity index (χ1) is 13.6. The molecule has 29 heavy (non-hydrogen) atoms. The second-order valence-corrected chi connectivity index (χ2v) is 8.25. The Morgan fingerprint density at radius 2 is 1.76 bits per heavy atom. The van der Waals surface area contributed by atoms with Crippen LogP contribution in [0.25, 0.3) is 0 Å². The highest BCUT2D eigenvalue weighted by atomic mass is 32.1. The summed E-state index contributed by atoms with van der Waals surface area (Å²) in [5.41, 5.74) is 3.24. The summed E-state index contributed by atoms with van der Waals surface area (Å²) in [7, 11) is 0. The van der Waals surface area contributed by atoms with Crippen LogP contribution in [0.4, 0.5) is 18.3 Å². The first-order valence-electron chi connectivity index (χ1n) is 9.41. The van der Waals surface area contributed by atoms with Gasteiger partial charge in [-0.15, -0.1) is 10.2 Å². The lowest BCUT2D eigenvalue weighted by molar-refractivity contribution is -0.138. The fourth-order valence-electron chi connectivity index (χ4n) is 3.26. The lowest BCUT2D eigenvalue weighted by atomic mass is 10.1. The molecule has 0 aliphatic carbocycles. The molecule has 0 amide bonds. The topological polar surface area (TPSA) is 61.7 Å². The maximum atomic E-state index is 12.7. The van der Waals surface area contributed by atoms with Crippen molar-refractivity contribution in [3.63, 3.8) is 0 Å². The minimum Gasteiger partial charge on any atom is -0.490 e. The van der Waals surface area contributed by atoms with Crippen LogP contribution >= 0.6 is 11.3 Å². The van der Waals surface area contributed by atoms with E-state index in [4.69, 9.17) is 4.74 Å². The van der Waals surface area contributed by atoms with Crippen molar-refractivity contribution in [3.8, 4) is 5.75 Å². The fraction of sp³-hybridized carbons (Fsp3) is 0.579.